The summed E-state index contributed by atoms with van der Waals surface area (Å²) in [7, 11) is 5.52. The van der Waals surface area contributed by atoms with Gasteiger partial charge in [0.1, 0.15) is 0 Å². The SMILES string of the molecule is COC(=O)C1(C(c2ccc(C)cc2)N(C)C)CC1. The molecule has 1 aliphatic rings. The molecule has 0 saturated heterocycles. The Morgan fingerprint density at radius 2 is 1.83 bits per heavy atom. The van der Waals surface area contributed by atoms with E-state index in [1.165, 1.54) is 18.2 Å². The summed E-state index contributed by atoms with van der Waals surface area (Å²) in [6.45, 7) is 2.07. The number of hydrogen-bond donors (Lipinski definition) is 0. The van der Waals surface area contributed by atoms with E-state index in [0.29, 0.717) is 0 Å². The lowest BCUT2D eigenvalue weighted by Crippen LogP contribution is -2.34. The second kappa shape index (κ2) is 4.73. The first-order valence-electron chi connectivity index (χ1n) is 6.32. The molecule has 1 saturated carbocycles. The number of carbonyl (C=O) groups is 1. The fourth-order valence-electron chi connectivity index (χ4n) is 2.79. The number of rotatable bonds is 4. The first-order chi connectivity index (χ1) is 8.51. The lowest BCUT2D eigenvalue weighted by Gasteiger charge is -2.31. The Kier molecular flexibility index (Phi) is 3.44. The first kappa shape index (κ1) is 13.1. The summed E-state index contributed by atoms with van der Waals surface area (Å²) >= 11 is 0. The summed E-state index contributed by atoms with van der Waals surface area (Å²) < 4.78 is 4.99. The van der Waals surface area contributed by atoms with E-state index in [2.05, 4.69) is 36.1 Å². The quantitative estimate of drug-likeness (QED) is 0.766. The minimum atomic E-state index is -0.340. The Morgan fingerprint density at radius 3 is 2.22 bits per heavy atom. The van der Waals surface area contributed by atoms with E-state index >= 15 is 0 Å². The third kappa shape index (κ3) is 2.15. The monoisotopic (exact) mass is 247 g/mol. The molecule has 1 unspecified atom stereocenters. The molecule has 1 fully saturated rings. The van der Waals surface area contributed by atoms with Crippen molar-refractivity contribution in [2.45, 2.75) is 25.8 Å². The van der Waals surface area contributed by atoms with Crippen LogP contribution < -0.4 is 0 Å². The molecular weight excluding hydrogens is 226 g/mol. The van der Waals surface area contributed by atoms with Crippen molar-refractivity contribution in [1.82, 2.24) is 4.90 Å². The van der Waals surface area contributed by atoms with Crippen LogP contribution >= 0.6 is 0 Å². The molecule has 0 spiro atoms. The highest BCUT2D eigenvalue weighted by molar-refractivity contribution is 5.81. The molecule has 0 bridgehead atoms. The Balaban J connectivity index is 2.35. The molecule has 1 aromatic rings. The zero-order valence-electron chi connectivity index (χ0n) is 11.6. The third-order valence-electron chi connectivity index (χ3n) is 3.81. The van der Waals surface area contributed by atoms with Crippen LogP contribution in [-0.2, 0) is 9.53 Å². The molecule has 1 aliphatic carbocycles. The number of hydrogen-bond acceptors (Lipinski definition) is 3. The van der Waals surface area contributed by atoms with Gasteiger partial charge in [-0.25, -0.2) is 0 Å². The van der Waals surface area contributed by atoms with Gasteiger partial charge in [-0.15, -0.1) is 0 Å². The molecule has 0 aliphatic heterocycles. The average Bonchev–Trinajstić information content (AvgIpc) is 3.12. The number of esters is 1. The van der Waals surface area contributed by atoms with Gasteiger partial charge >= 0.3 is 5.97 Å². The molecule has 18 heavy (non-hydrogen) atoms. The molecule has 3 nitrogen and oxygen atoms in total. The lowest BCUT2D eigenvalue weighted by molar-refractivity contribution is -0.150. The molecule has 0 amide bonds. The van der Waals surface area contributed by atoms with Gasteiger partial charge in [-0.2, -0.15) is 0 Å². The van der Waals surface area contributed by atoms with Crippen molar-refractivity contribution < 1.29 is 9.53 Å². The number of ether oxygens (including phenoxy) is 1. The molecule has 0 heterocycles. The van der Waals surface area contributed by atoms with Gasteiger partial charge in [0.05, 0.1) is 18.6 Å². The van der Waals surface area contributed by atoms with Crippen molar-refractivity contribution in [1.29, 1.82) is 0 Å². The highest BCUT2D eigenvalue weighted by Crippen LogP contribution is 2.57. The molecule has 2 rings (SSSR count). The number of nitrogens with zero attached hydrogens (tertiary/aromatic N) is 1. The Morgan fingerprint density at radius 1 is 1.28 bits per heavy atom. The van der Waals surface area contributed by atoms with Gasteiger partial charge < -0.3 is 9.64 Å². The Hall–Kier alpha value is -1.35. The minimum Gasteiger partial charge on any atom is -0.469 e. The molecule has 1 atom stereocenters. The van der Waals surface area contributed by atoms with Crippen LogP contribution in [0.5, 0.6) is 0 Å². The Bertz CT molecular complexity index is 432. The third-order valence-corrected chi connectivity index (χ3v) is 3.81. The van der Waals surface area contributed by atoms with Crippen LogP contribution in [0.15, 0.2) is 24.3 Å². The van der Waals surface area contributed by atoms with Crippen LogP contribution in [-0.4, -0.2) is 32.1 Å². The van der Waals surface area contributed by atoms with Crippen LogP contribution in [0.1, 0.15) is 30.0 Å². The normalized spacial score (nSPS) is 18.5. The Labute approximate surface area is 109 Å². The largest absolute Gasteiger partial charge is 0.469 e. The lowest BCUT2D eigenvalue weighted by atomic mass is 9.88. The second-order valence-corrected chi connectivity index (χ2v) is 5.42. The van der Waals surface area contributed by atoms with Crippen molar-refractivity contribution in [2.75, 3.05) is 21.2 Å². The number of methoxy groups -OCH3 is 1. The van der Waals surface area contributed by atoms with Crippen LogP contribution in [0, 0.1) is 12.3 Å². The van der Waals surface area contributed by atoms with E-state index in [9.17, 15) is 4.79 Å². The fraction of sp³-hybridized carbons (Fsp3) is 0.533. The maximum Gasteiger partial charge on any atom is 0.313 e. The zero-order valence-corrected chi connectivity index (χ0v) is 11.6. The summed E-state index contributed by atoms with van der Waals surface area (Å²) in [5, 5.41) is 0. The van der Waals surface area contributed by atoms with Gasteiger partial charge in [-0.1, -0.05) is 29.8 Å². The molecule has 1 aromatic carbocycles. The average molecular weight is 247 g/mol. The van der Waals surface area contributed by atoms with Gasteiger partial charge in [-0.05, 0) is 39.4 Å². The maximum atomic E-state index is 12.0. The van der Waals surface area contributed by atoms with Gasteiger partial charge in [0, 0.05) is 0 Å². The number of carbonyl (C=O) groups excluding carboxylic acids is 1. The van der Waals surface area contributed by atoms with Crippen molar-refractivity contribution in [3.05, 3.63) is 35.4 Å². The summed E-state index contributed by atoms with van der Waals surface area (Å²) in [5.74, 6) is -0.0817. The van der Waals surface area contributed by atoms with E-state index in [-0.39, 0.29) is 17.4 Å². The predicted molar refractivity (Wildman–Crippen MR) is 71.3 cm³/mol. The van der Waals surface area contributed by atoms with Gasteiger partial charge in [-0.3, -0.25) is 4.79 Å². The molecule has 0 N–H and O–H groups in total. The topological polar surface area (TPSA) is 29.5 Å². The molecule has 98 valence electrons. The van der Waals surface area contributed by atoms with Crippen LogP contribution in [0.3, 0.4) is 0 Å². The van der Waals surface area contributed by atoms with Crippen molar-refractivity contribution in [2.24, 2.45) is 5.41 Å². The van der Waals surface area contributed by atoms with Crippen molar-refractivity contribution in [3.8, 4) is 0 Å². The summed E-state index contributed by atoms with van der Waals surface area (Å²) in [4.78, 5) is 14.2. The first-order valence-corrected chi connectivity index (χ1v) is 6.32. The fourth-order valence-corrected chi connectivity index (χ4v) is 2.79. The van der Waals surface area contributed by atoms with Crippen LogP contribution in [0.2, 0.25) is 0 Å². The number of benzene rings is 1. The van der Waals surface area contributed by atoms with E-state index in [1.54, 1.807) is 0 Å². The van der Waals surface area contributed by atoms with Crippen molar-refractivity contribution >= 4 is 5.97 Å². The van der Waals surface area contributed by atoms with Crippen molar-refractivity contribution in [3.63, 3.8) is 0 Å². The van der Waals surface area contributed by atoms with E-state index in [1.807, 2.05) is 14.1 Å². The van der Waals surface area contributed by atoms with Crippen LogP contribution in [0.25, 0.3) is 0 Å². The minimum absolute atomic E-state index is 0.0817. The van der Waals surface area contributed by atoms with Crippen LogP contribution in [0.4, 0.5) is 0 Å². The maximum absolute atomic E-state index is 12.0. The summed E-state index contributed by atoms with van der Waals surface area (Å²) in [5.41, 5.74) is 2.08. The summed E-state index contributed by atoms with van der Waals surface area (Å²) in [6.07, 6.45) is 1.83. The van der Waals surface area contributed by atoms with E-state index in [0.717, 1.165) is 12.8 Å². The molecule has 0 radical (unpaired) electrons. The van der Waals surface area contributed by atoms with E-state index < -0.39 is 0 Å². The van der Waals surface area contributed by atoms with E-state index in [4.69, 9.17) is 4.74 Å². The van der Waals surface area contributed by atoms with Gasteiger partial charge in [0.2, 0.25) is 0 Å². The smallest absolute Gasteiger partial charge is 0.313 e. The van der Waals surface area contributed by atoms with Gasteiger partial charge in [0.25, 0.3) is 0 Å². The zero-order chi connectivity index (χ0) is 13.3. The predicted octanol–water partition coefficient (Wildman–Crippen LogP) is 2.55. The second-order valence-electron chi connectivity index (χ2n) is 5.42. The molecule has 0 aromatic heterocycles. The number of aryl methyl sites for hydroxylation is 1. The standard InChI is InChI=1S/C15H21NO2/c1-11-5-7-12(8-6-11)13(16(2)3)15(9-10-15)14(17)18-4/h5-8,13H,9-10H2,1-4H3. The molecular formula is C15H21NO2. The van der Waals surface area contributed by atoms with Gasteiger partial charge in [0.15, 0.2) is 0 Å². The molecule has 3 heteroatoms. The highest BCUT2D eigenvalue weighted by atomic mass is 16.5. The summed E-state index contributed by atoms with van der Waals surface area (Å²) in [6, 6.07) is 8.52. The highest BCUT2D eigenvalue weighted by Gasteiger charge is 2.58.